The Morgan fingerprint density at radius 2 is 1.67 bits per heavy atom. The van der Waals surface area contributed by atoms with E-state index < -0.39 is 31.1 Å². The first-order valence-corrected chi connectivity index (χ1v) is 7.24. The van der Waals surface area contributed by atoms with Crippen LogP contribution in [0.1, 0.15) is 0 Å². The summed E-state index contributed by atoms with van der Waals surface area (Å²) in [4.78, 5) is -0.849. The highest BCUT2D eigenvalue weighted by Gasteiger charge is 2.20. The van der Waals surface area contributed by atoms with Gasteiger partial charge in [0.2, 0.25) is 0 Å². The molecule has 1 aromatic carbocycles. The predicted molar refractivity (Wildman–Crippen MR) is 60.4 cm³/mol. The first-order valence-electron chi connectivity index (χ1n) is 4.40. The molecule has 0 fully saturated rings. The minimum absolute atomic E-state index is 0.178. The third-order valence-electron chi connectivity index (χ3n) is 2.26. The monoisotopic (exact) mass is 293 g/mol. The van der Waals surface area contributed by atoms with Crippen molar-refractivity contribution >= 4 is 31.3 Å². The smallest absolute Gasteiger partial charge is 0.363 e. The summed E-state index contributed by atoms with van der Waals surface area (Å²) in [6, 6.07) is 2.95. The molecule has 1 aromatic heterocycles. The van der Waals surface area contributed by atoms with E-state index in [1.807, 2.05) is 0 Å². The largest absolute Gasteiger partial charge is 0.506 e. The van der Waals surface area contributed by atoms with Gasteiger partial charge in [-0.05, 0) is 18.2 Å². The van der Waals surface area contributed by atoms with E-state index in [4.69, 9.17) is 9.11 Å². The van der Waals surface area contributed by atoms with Crippen LogP contribution >= 0.6 is 0 Å². The van der Waals surface area contributed by atoms with Crippen molar-refractivity contribution in [3.8, 4) is 5.75 Å². The van der Waals surface area contributed by atoms with Crippen molar-refractivity contribution in [2.24, 2.45) is 0 Å². The molecule has 0 saturated carbocycles. The van der Waals surface area contributed by atoms with E-state index >= 15 is 0 Å². The van der Waals surface area contributed by atoms with Crippen molar-refractivity contribution in [2.45, 2.75) is 4.90 Å². The van der Waals surface area contributed by atoms with Crippen LogP contribution in [-0.4, -0.2) is 35.0 Å². The normalized spacial score (nSPS) is 13.0. The number of benzene rings is 1. The molecule has 2 aromatic rings. The van der Waals surface area contributed by atoms with Gasteiger partial charge in [-0.1, -0.05) is 0 Å². The highest BCUT2D eigenvalue weighted by Crippen LogP contribution is 2.29. The van der Waals surface area contributed by atoms with E-state index in [0.717, 1.165) is 18.3 Å². The van der Waals surface area contributed by atoms with Crippen LogP contribution in [0, 0.1) is 0 Å². The van der Waals surface area contributed by atoms with Gasteiger partial charge in [-0.3, -0.25) is 9.11 Å². The first-order chi connectivity index (χ1) is 8.10. The number of phenols is 1. The van der Waals surface area contributed by atoms with E-state index in [9.17, 15) is 21.9 Å². The third kappa shape index (κ3) is 2.06. The Balaban J connectivity index is 2.92. The molecule has 8 nitrogen and oxygen atoms in total. The van der Waals surface area contributed by atoms with Gasteiger partial charge < -0.3 is 5.11 Å². The second-order valence-electron chi connectivity index (χ2n) is 3.44. The SMILES string of the molecule is O=S(=O)(O)c1cc2c(ccn2S(=O)(=O)O)cc1O. The van der Waals surface area contributed by atoms with Gasteiger partial charge in [0, 0.05) is 11.6 Å². The van der Waals surface area contributed by atoms with Gasteiger partial charge in [0.25, 0.3) is 10.1 Å². The lowest BCUT2D eigenvalue weighted by Gasteiger charge is -2.04. The molecule has 10 heteroatoms. The molecule has 0 spiro atoms. The molecule has 98 valence electrons. The molecule has 0 aliphatic carbocycles. The van der Waals surface area contributed by atoms with Crippen LogP contribution in [0.5, 0.6) is 5.75 Å². The maximum atomic E-state index is 11.0. The molecule has 18 heavy (non-hydrogen) atoms. The zero-order chi connectivity index (χ0) is 13.7. The number of fused-ring (bicyclic) bond motifs is 1. The Morgan fingerprint density at radius 1 is 1.06 bits per heavy atom. The van der Waals surface area contributed by atoms with Crippen molar-refractivity contribution in [3.05, 3.63) is 24.4 Å². The van der Waals surface area contributed by atoms with Gasteiger partial charge in [-0.15, -0.1) is 0 Å². The lowest BCUT2D eigenvalue weighted by atomic mass is 10.2. The number of rotatable bonds is 2. The number of hydrogen-bond donors (Lipinski definition) is 3. The first kappa shape index (κ1) is 12.8. The van der Waals surface area contributed by atoms with Gasteiger partial charge >= 0.3 is 10.3 Å². The van der Waals surface area contributed by atoms with Gasteiger partial charge in [-0.2, -0.15) is 16.8 Å². The highest BCUT2D eigenvalue weighted by atomic mass is 32.2. The van der Waals surface area contributed by atoms with Gasteiger partial charge in [0.1, 0.15) is 10.6 Å². The van der Waals surface area contributed by atoms with Crippen molar-refractivity contribution in [2.75, 3.05) is 0 Å². The Kier molecular flexibility index (Phi) is 2.63. The van der Waals surface area contributed by atoms with Crippen molar-refractivity contribution in [1.82, 2.24) is 3.97 Å². The number of aromatic hydroxyl groups is 1. The maximum absolute atomic E-state index is 11.0. The highest BCUT2D eigenvalue weighted by molar-refractivity contribution is 7.86. The topological polar surface area (TPSA) is 134 Å². The van der Waals surface area contributed by atoms with Crippen LogP contribution in [0.15, 0.2) is 29.3 Å². The van der Waals surface area contributed by atoms with Gasteiger partial charge in [0.15, 0.2) is 0 Å². The average molecular weight is 293 g/mol. The van der Waals surface area contributed by atoms with E-state index in [1.165, 1.54) is 6.07 Å². The van der Waals surface area contributed by atoms with Crippen LogP contribution in [0.3, 0.4) is 0 Å². The van der Waals surface area contributed by atoms with Crippen LogP contribution in [0.2, 0.25) is 0 Å². The quantitative estimate of drug-likeness (QED) is 0.675. The molecule has 0 bridgehead atoms. The summed E-state index contributed by atoms with van der Waals surface area (Å²) in [5.74, 6) is -0.724. The van der Waals surface area contributed by atoms with Crippen molar-refractivity contribution < 1.29 is 31.0 Å². The lowest BCUT2D eigenvalue weighted by molar-refractivity contribution is 0.443. The Bertz CT molecular complexity index is 832. The Morgan fingerprint density at radius 3 is 2.17 bits per heavy atom. The zero-order valence-electron chi connectivity index (χ0n) is 8.55. The molecule has 1 heterocycles. The van der Waals surface area contributed by atoms with E-state index in [1.54, 1.807) is 0 Å². The molecular formula is C8H7NO7S2. The van der Waals surface area contributed by atoms with Crippen LogP contribution < -0.4 is 0 Å². The second kappa shape index (κ2) is 3.68. The molecule has 0 saturated heterocycles. The summed E-state index contributed by atoms with van der Waals surface area (Å²) in [5.41, 5.74) is -0.192. The van der Waals surface area contributed by atoms with Crippen molar-refractivity contribution in [1.29, 1.82) is 0 Å². The summed E-state index contributed by atoms with van der Waals surface area (Å²) in [6.45, 7) is 0. The molecule has 0 radical (unpaired) electrons. The average Bonchev–Trinajstić information content (AvgIpc) is 2.56. The maximum Gasteiger partial charge on any atom is 0.363 e. The summed E-state index contributed by atoms with van der Waals surface area (Å²) in [6.07, 6.45) is 0.979. The van der Waals surface area contributed by atoms with Gasteiger partial charge in [0.05, 0.1) is 5.52 Å². The van der Waals surface area contributed by atoms with Crippen molar-refractivity contribution in [3.63, 3.8) is 0 Å². The van der Waals surface area contributed by atoms with E-state index in [-0.39, 0.29) is 10.9 Å². The molecule has 2 rings (SSSR count). The Hall–Kier alpha value is -1.62. The number of nitrogens with zero attached hydrogens (tertiary/aromatic N) is 1. The fraction of sp³-hybridized carbons (Fsp3) is 0. The molecule has 0 aliphatic rings. The summed E-state index contributed by atoms with van der Waals surface area (Å²) >= 11 is 0. The zero-order valence-corrected chi connectivity index (χ0v) is 10.2. The van der Waals surface area contributed by atoms with Crippen LogP contribution in [0.4, 0.5) is 0 Å². The summed E-state index contributed by atoms with van der Waals surface area (Å²) < 4.78 is 62.1. The number of hydrogen-bond acceptors (Lipinski definition) is 5. The Labute approximate surface area is 102 Å². The molecule has 0 atom stereocenters. The molecule has 0 amide bonds. The molecule has 0 aliphatic heterocycles. The number of phenolic OH excluding ortho intramolecular Hbond substituents is 1. The summed E-state index contributed by atoms with van der Waals surface area (Å²) in [5, 5.41) is 9.57. The minimum Gasteiger partial charge on any atom is -0.506 e. The van der Waals surface area contributed by atoms with Crippen LogP contribution in [-0.2, 0) is 20.4 Å². The fourth-order valence-electron chi connectivity index (χ4n) is 1.53. The molecule has 3 N–H and O–H groups in total. The standard InChI is InChI=1S/C8H7NO7S2/c10-7-3-5-1-2-9(18(14,15)16)6(5)4-8(7)17(11,12)13/h1-4,10H,(H,11,12,13)(H,14,15,16). The fourth-order valence-corrected chi connectivity index (χ4v) is 2.74. The molecular weight excluding hydrogens is 286 g/mol. The van der Waals surface area contributed by atoms with E-state index in [0.29, 0.717) is 3.97 Å². The second-order valence-corrected chi connectivity index (χ2v) is 6.12. The van der Waals surface area contributed by atoms with Crippen LogP contribution in [0.25, 0.3) is 10.9 Å². The third-order valence-corrected chi connectivity index (χ3v) is 3.96. The minimum atomic E-state index is -4.70. The predicted octanol–water partition coefficient (Wildman–Crippen LogP) is 0.245. The summed E-state index contributed by atoms with van der Waals surface area (Å²) in [7, 11) is -9.31. The number of aromatic nitrogens is 1. The lowest BCUT2D eigenvalue weighted by Crippen LogP contribution is -2.09. The molecule has 0 unspecified atom stereocenters. The van der Waals surface area contributed by atoms with Gasteiger partial charge in [-0.25, -0.2) is 3.97 Å². The van der Waals surface area contributed by atoms with E-state index in [2.05, 4.69) is 0 Å².